The lowest BCUT2D eigenvalue weighted by atomic mass is 10.1. The quantitative estimate of drug-likeness (QED) is 0.596. The van der Waals surface area contributed by atoms with Crippen LogP contribution in [0.1, 0.15) is 35.8 Å². The van der Waals surface area contributed by atoms with Crippen molar-refractivity contribution in [2.45, 2.75) is 26.3 Å². The molecule has 0 fully saturated rings. The number of hydrogen-bond acceptors (Lipinski definition) is 5. The van der Waals surface area contributed by atoms with Crippen molar-refractivity contribution in [1.82, 2.24) is 4.57 Å². The maximum atomic E-state index is 12.3. The fourth-order valence-corrected chi connectivity index (χ4v) is 2.34. The van der Waals surface area contributed by atoms with E-state index in [0.717, 1.165) is 12.8 Å². The molecule has 6 nitrogen and oxygen atoms in total. The molecule has 0 radical (unpaired) electrons. The van der Waals surface area contributed by atoms with E-state index in [1.165, 1.54) is 43.7 Å². The molecule has 0 amide bonds. The smallest absolute Gasteiger partial charge is 0.223 e. The summed E-state index contributed by atoms with van der Waals surface area (Å²) in [6.07, 6.45) is 5.98. The van der Waals surface area contributed by atoms with E-state index in [1.54, 1.807) is 10.6 Å². The minimum absolute atomic E-state index is 0.137. The zero-order valence-corrected chi connectivity index (χ0v) is 14.2. The molecule has 0 aliphatic rings. The Kier molecular flexibility index (Phi) is 6.00. The molecule has 25 heavy (non-hydrogen) atoms. The summed E-state index contributed by atoms with van der Waals surface area (Å²) in [5.41, 5.74) is 0.142. The molecule has 0 saturated heterocycles. The molecule has 6 heteroatoms. The van der Waals surface area contributed by atoms with Crippen molar-refractivity contribution in [3.05, 3.63) is 58.0 Å². The van der Waals surface area contributed by atoms with Crippen LogP contribution >= 0.6 is 0 Å². The van der Waals surface area contributed by atoms with Crippen molar-refractivity contribution in [2.24, 2.45) is 0 Å². The number of carbonyl (C=O) groups excluding carboxylic acids is 1. The van der Waals surface area contributed by atoms with Gasteiger partial charge in [-0.15, -0.1) is 0 Å². The summed E-state index contributed by atoms with van der Waals surface area (Å²) in [5.74, 6) is -0.455. The summed E-state index contributed by atoms with van der Waals surface area (Å²) >= 11 is 0. The van der Waals surface area contributed by atoms with E-state index in [4.69, 9.17) is 4.74 Å². The van der Waals surface area contributed by atoms with Crippen LogP contribution in [0.4, 0.5) is 0 Å². The predicted molar refractivity (Wildman–Crippen MR) is 95.3 cm³/mol. The predicted octanol–water partition coefficient (Wildman–Crippen LogP) is 2.96. The van der Waals surface area contributed by atoms with Crippen LogP contribution in [0.25, 0.3) is 6.08 Å². The van der Waals surface area contributed by atoms with Crippen LogP contribution in [-0.2, 0) is 6.54 Å². The van der Waals surface area contributed by atoms with E-state index < -0.39 is 11.2 Å². The number of methoxy groups -OCH3 is 1. The number of ether oxygens (including phenoxy) is 1. The number of unbranched alkanes of at least 4 members (excludes halogenated alkanes) is 1. The first kappa shape index (κ1) is 18.3. The lowest BCUT2D eigenvalue weighted by Crippen LogP contribution is -2.10. The Labute approximate surface area is 145 Å². The van der Waals surface area contributed by atoms with Crippen molar-refractivity contribution in [3.8, 4) is 17.2 Å². The van der Waals surface area contributed by atoms with Crippen LogP contribution in [0.15, 0.2) is 41.3 Å². The van der Waals surface area contributed by atoms with E-state index >= 15 is 0 Å². The second-order valence-electron chi connectivity index (χ2n) is 5.58. The molecule has 1 aromatic carbocycles. The van der Waals surface area contributed by atoms with Gasteiger partial charge in [-0.2, -0.15) is 0 Å². The number of nitrogens with zero attached hydrogens (tertiary/aromatic N) is 1. The zero-order chi connectivity index (χ0) is 18.4. The number of carbonyl (C=O) groups is 1. The molecular weight excluding hydrogens is 322 g/mol. The Hall–Kier alpha value is -3.02. The number of pyridine rings is 1. The van der Waals surface area contributed by atoms with Gasteiger partial charge in [-0.25, -0.2) is 0 Å². The van der Waals surface area contributed by atoms with E-state index in [9.17, 15) is 19.8 Å². The third kappa shape index (κ3) is 4.50. The topological polar surface area (TPSA) is 88.8 Å². The second kappa shape index (κ2) is 8.19. The Morgan fingerprint density at radius 1 is 1.24 bits per heavy atom. The number of allylic oxidation sites excluding steroid dienone is 1. The van der Waals surface area contributed by atoms with E-state index in [-0.39, 0.29) is 17.1 Å². The summed E-state index contributed by atoms with van der Waals surface area (Å²) < 4.78 is 6.71. The lowest BCUT2D eigenvalue weighted by Gasteiger charge is -2.10. The number of aryl methyl sites for hydroxylation is 1. The summed E-state index contributed by atoms with van der Waals surface area (Å²) in [6.45, 7) is 2.65. The number of hydrogen-bond donors (Lipinski definition) is 2. The largest absolute Gasteiger partial charge is 0.507 e. The number of phenolic OH excluding ortho intramolecular Hbond substituents is 1. The highest BCUT2D eigenvalue weighted by molar-refractivity contribution is 6.08. The van der Waals surface area contributed by atoms with E-state index in [2.05, 4.69) is 0 Å². The van der Waals surface area contributed by atoms with Gasteiger partial charge in [0.2, 0.25) is 5.43 Å². The van der Waals surface area contributed by atoms with Gasteiger partial charge in [0.1, 0.15) is 11.5 Å². The molecule has 0 atom stereocenters. The second-order valence-corrected chi connectivity index (χ2v) is 5.58. The molecule has 0 saturated carbocycles. The van der Waals surface area contributed by atoms with Crippen molar-refractivity contribution in [1.29, 1.82) is 0 Å². The highest BCUT2D eigenvalue weighted by atomic mass is 16.5. The summed E-state index contributed by atoms with van der Waals surface area (Å²) in [6, 6.07) is 5.70. The molecule has 0 aliphatic heterocycles. The zero-order valence-electron chi connectivity index (χ0n) is 14.2. The van der Waals surface area contributed by atoms with Gasteiger partial charge in [-0.05, 0) is 30.7 Å². The van der Waals surface area contributed by atoms with Crippen molar-refractivity contribution >= 4 is 11.9 Å². The molecule has 1 heterocycles. The van der Waals surface area contributed by atoms with Crippen LogP contribution in [-0.4, -0.2) is 27.7 Å². The Morgan fingerprint density at radius 3 is 2.64 bits per heavy atom. The Balaban J connectivity index is 2.30. The number of ketones is 1. The standard InChI is InChI=1S/C19H21NO5/c1-3-4-9-20-12-19(24)18(23)10-13(20)5-8-16(21)15-7-6-14(25-2)11-17(15)22/h5-8,10-12,22,24H,3-4,9H2,1-2H3/b8-5+. The molecule has 0 bridgehead atoms. The fraction of sp³-hybridized carbons (Fsp3) is 0.263. The average molecular weight is 343 g/mol. The number of aromatic hydroxyl groups is 2. The average Bonchev–Trinajstić information content (AvgIpc) is 2.60. The van der Waals surface area contributed by atoms with E-state index in [0.29, 0.717) is 18.0 Å². The van der Waals surface area contributed by atoms with Crippen LogP contribution in [0.3, 0.4) is 0 Å². The molecule has 0 unspecified atom stereocenters. The number of aromatic nitrogens is 1. The SMILES string of the molecule is CCCCn1cc(O)c(=O)cc1/C=C/C(=O)c1ccc(OC)cc1O. The Morgan fingerprint density at radius 2 is 2.00 bits per heavy atom. The number of rotatable bonds is 7. The van der Waals surface area contributed by atoms with Gasteiger partial charge in [0.15, 0.2) is 11.5 Å². The van der Waals surface area contributed by atoms with Crippen LogP contribution < -0.4 is 10.2 Å². The van der Waals surface area contributed by atoms with Crippen molar-refractivity contribution in [2.75, 3.05) is 7.11 Å². The summed E-state index contributed by atoms with van der Waals surface area (Å²) in [4.78, 5) is 24.0. The molecular formula is C19H21NO5. The minimum Gasteiger partial charge on any atom is -0.507 e. The monoisotopic (exact) mass is 343 g/mol. The normalized spacial score (nSPS) is 11.0. The minimum atomic E-state index is -0.507. The number of benzene rings is 1. The van der Waals surface area contributed by atoms with Gasteiger partial charge < -0.3 is 19.5 Å². The van der Waals surface area contributed by atoms with Crippen LogP contribution in [0.5, 0.6) is 17.2 Å². The van der Waals surface area contributed by atoms with Crippen LogP contribution in [0, 0.1) is 0 Å². The lowest BCUT2D eigenvalue weighted by molar-refractivity contribution is 0.104. The molecule has 2 aromatic rings. The molecule has 0 aliphatic carbocycles. The molecule has 1 aromatic heterocycles. The van der Waals surface area contributed by atoms with Crippen molar-refractivity contribution in [3.63, 3.8) is 0 Å². The fourth-order valence-electron chi connectivity index (χ4n) is 2.34. The maximum absolute atomic E-state index is 12.3. The van der Waals surface area contributed by atoms with Gasteiger partial charge in [0, 0.05) is 24.4 Å². The number of phenols is 1. The highest BCUT2D eigenvalue weighted by Gasteiger charge is 2.10. The first-order chi connectivity index (χ1) is 12.0. The molecule has 2 N–H and O–H groups in total. The molecule has 2 rings (SSSR count). The third-order valence-electron chi connectivity index (χ3n) is 3.77. The molecule has 0 spiro atoms. The van der Waals surface area contributed by atoms with Gasteiger partial charge in [0.25, 0.3) is 0 Å². The Bertz CT molecular complexity index is 851. The summed E-state index contributed by atoms with van der Waals surface area (Å²) in [5, 5.41) is 19.5. The van der Waals surface area contributed by atoms with Gasteiger partial charge in [-0.1, -0.05) is 13.3 Å². The third-order valence-corrected chi connectivity index (χ3v) is 3.77. The summed E-state index contributed by atoms with van der Waals surface area (Å²) in [7, 11) is 1.47. The van der Waals surface area contributed by atoms with Gasteiger partial charge >= 0.3 is 0 Å². The maximum Gasteiger partial charge on any atom is 0.223 e. The molecule has 132 valence electrons. The highest BCUT2D eigenvalue weighted by Crippen LogP contribution is 2.24. The first-order valence-electron chi connectivity index (χ1n) is 7.99. The van der Waals surface area contributed by atoms with Gasteiger partial charge in [-0.3, -0.25) is 9.59 Å². The van der Waals surface area contributed by atoms with E-state index in [1.807, 2.05) is 6.92 Å². The van der Waals surface area contributed by atoms with Crippen LogP contribution in [0.2, 0.25) is 0 Å². The first-order valence-corrected chi connectivity index (χ1v) is 7.99. The van der Waals surface area contributed by atoms with Crippen molar-refractivity contribution < 1.29 is 19.7 Å². The van der Waals surface area contributed by atoms with Gasteiger partial charge in [0.05, 0.1) is 18.9 Å².